The SMILES string of the molecule is COc1ccc(S(=O)(=O)Nc2ccc(F)cc2C(O)c2ccccc2Cl)cc1OC. The van der Waals surface area contributed by atoms with Crippen LogP contribution in [0.2, 0.25) is 5.02 Å². The van der Waals surface area contributed by atoms with E-state index in [9.17, 15) is 17.9 Å². The quantitative estimate of drug-likeness (QED) is 0.557. The smallest absolute Gasteiger partial charge is 0.262 e. The predicted molar refractivity (Wildman–Crippen MR) is 112 cm³/mol. The van der Waals surface area contributed by atoms with Gasteiger partial charge in [-0.15, -0.1) is 0 Å². The van der Waals surface area contributed by atoms with Crippen molar-refractivity contribution < 1.29 is 27.4 Å². The minimum Gasteiger partial charge on any atom is -0.493 e. The van der Waals surface area contributed by atoms with Gasteiger partial charge in [-0.2, -0.15) is 0 Å². The van der Waals surface area contributed by atoms with Crippen molar-refractivity contribution in [3.8, 4) is 11.5 Å². The maximum atomic E-state index is 13.9. The first-order chi connectivity index (χ1) is 14.3. The molecule has 2 N–H and O–H groups in total. The van der Waals surface area contributed by atoms with Crippen LogP contribution >= 0.6 is 11.6 Å². The van der Waals surface area contributed by atoms with E-state index >= 15 is 0 Å². The lowest BCUT2D eigenvalue weighted by Crippen LogP contribution is -2.16. The number of hydrogen-bond acceptors (Lipinski definition) is 5. The standard InChI is InChI=1S/C21H19ClFNO5S/c1-28-19-10-8-14(12-20(19)29-2)30(26,27)24-18-9-7-13(23)11-16(18)21(25)15-5-3-4-6-17(15)22/h3-12,21,24-25H,1-2H3. The average molecular weight is 452 g/mol. The summed E-state index contributed by atoms with van der Waals surface area (Å²) < 4.78 is 52.4. The van der Waals surface area contributed by atoms with E-state index in [2.05, 4.69) is 4.72 Å². The van der Waals surface area contributed by atoms with E-state index in [4.69, 9.17) is 21.1 Å². The van der Waals surface area contributed by atoms with E-state index < -0.39 is 21.9 Å². The number of ether oxygens (including phenoxy) is 2. The number of sulfonamides is 1. The first-order valence-corrected chi connectivity index (χ1v) is 10.6. The molecule has 0 amide bonds. The van der Waals surface area contributed by atoms with E-state index in [0.29, 0.717) is 11.3 Å². The molecular formula is C21H19ClFNO5S. The molecule has 0 spiro atoms. The monoisotopic (exact) mass is 451 g/mol. The van der Waals surface area contributed by atoms with Gasteiger partial charge in [0, 0.05) is 22.2 Å². The number of aliphatic hydroxyl groups excluding tert-OH is 1. The van der Waals surface area contributed by atoms with Gasteiger partial charge in [-0.1, -0.05) is 29.8 Å². The molecule has 6 nitrogen and oxygen atoms in total. The summed E-state index contributed by atoms with van der Waals surface area (Å²) in [5.41, 5.74) is 0.349. The van der Waals surface area contributed by atoms with Crippen molar-refractivity contribution >= 4 is 27.3 Å². The Hall–Kier alpha value is -2.81. The minimum absolute atomic E-state index is 0.0126. The lowest BCUT2D eigenvalue weighted by Gasteiger charge is -2.19. The normalized spacial score (nSPS) is 12.3. The fourth-order valence-corrected chi connectivity index (χ4v) is 4.25. The van der Waals surface area contributed by atoms with Gasteiger partial charge in [0.1, 0.15) is 11.9 Å². The molecule has 0 bridgehead atoms. The van der Waals surface area contributed by atoms with Gasteiger partial charge in [-0.25, -0.2) is 12.8 Å². The number of benzene rings is 3. The van der Waals surface area contributed by atoms with Gasteiger partial charge in [-0.05, 0) is 36.4 Å². The summed E-state index contributed by atoms with van der Waals surface area (Å²) in [6.45, 7) is 0. The Bertz CT molecular complexity index is 1170. The number of rotatable bonds is 7. The van der Waals surface area contributed by atoms with Crippen molar-refractivity contribution in [2.75, 3.05) is 18.9 Å². The summed E-state index contributed by atoms with van der Waals surface area (Å²) in [5.74, 6) is -0.0333. The van der Waals surface area contributed by atoms with Crippen LogP contribution in [0.15, 0.2) is 65.6 Å². The van der Waals surface area contributed by atoms with Crippen LogP contribution in [0.1, 0.15) is 17.2 Å². The number of halogens is 2. The molecule has 0 aliphatic carbocycles. The molecule has 158 valence electrons. The molecule has 0 fully saturated rings. The van der Waals surface area contributed by atoms with Crippen LogP contribution in [0.25, 0.3) is 0 Å². The molecule has 3 aromatic rings. The van der Waals surface area contributed by atoms with Gasteiger partial charge in [0.15, 0.2) is 11.5 Å². The first kappa shape index (κ1) is 21.9. The van der Waals surface area contributed by atoms with E-state index in [1.54, 1.807) is 24.3 Å². The lowest BCUT2D eigenvalue weighted by molar-refractivity contribution is 0.220. The zero-order chi connectivity index (χ0) is 21.9. The fraction of sp³-hybridized carbons (Fsp3) is 0.143. The van der Waals surface area contributed by atoms with Crippen molar-refractivity contribution in [3.63, 3.8) is 0 Å². The molecule has 1 unspecified atom stereocenters. The highest BCUT2D eigenvalue weighted by atomic mass is 35.5. The van der Waals surface area contributed by atoms with E-state index in [1.165, 1.54) is 38.5 Å². The van der Waals surface area contributed by atoms with Gasteiger partial charge >= 0.3 is 0 Å². The molecule has 0 saturated carbocycles. The Morgan fingerprint density at radius 2 is 1.67 bits per heavy atom. The van der Waals surface area contributed by atoms with Crippen LogP contribution in [0.5, 0.6) is 11.5 Å². The van der Waals surface area contributed by atoms with E-state index in [1.807, 2.05) is 0 Å². The van der Waals surface area contributed by atoms with Crippen LogP contribution < -0.4 is 14.2 Å². The molecule has 0 aromatic heterocycles. The van der Waals surface area contributed by atoms with Crippen molar-refractivity contribution in [3.05, 3.63) is 82.6 Å². The van der Waals surface area contributed by atoms with Gasteiger partial charge in [0.2, 0.25) is 0 Å². The lowest BCUT2D eigenvalue weighted by atomic mass is 10.00. The summed E-state index contributed by atoms with van der Waals surface area (Å²) in [7, 11) is -1.26. The highest BCUT2D eigenvalue weighted by Gasteiger charge is 2.23. The van der Waals surface area contributed by atoms with Crippen LogP contribution in [0.4, 0.5) is 10.1 Å². The van der Waals surface area contributed by atoms with Crippen molar-refractivity contribution in [2.24, 2.45) is 0 Å². The Morgan fingerprint density at radius 1 is 0.967 bits per heavy atom. The third-order valence-corrected chi connectivity index (χ3v) is 6.13. The third kappa shape index (κ3) is 4.51. The maximum Gasteiger partial charge on any atom is 0.262 e. The minimum atomic E-state index is -4.08. The van der Waals surface area contributed by atoms with E-state index in [0.717, 1.165) is 12.1 Å². The second-order valence-electron chi connectivity index (χ2n) is 6.28. The van der Waals surface area contributed by atoms with Crippen LogP contribution in [-0.4, -0.2) is 27.7 Å². The number of anilines is 1. The molecule has 3 rings (SSSR count). The Labute approximate surface area is 178 Å². The van der Waals surface area contributed by atoms with Crippen LogP contribution in [0, 0.1) is 5.82 Å². The van der Waals surface area contributed by atoms with Crippen molar-refractivity contribution in [2.45, 2.75) is 11.0 Å². The van der Waals surface area contributed by atoms with E-state index in [-0.39, 0.29) is 26.9 Å². The first-order valence-electron chi connectivity index (χ1n) is 8.73. The Balaban J connectivity index is 2.02. The highest BCUT2D eigenvalue weighted by Crippen LogP contribution is 2.35. The Kier molecular flexibility index (Phi) is 6.50. The second-order valence-corrected chi connectivity index (χ2v) is 8.37. The van der Waals surface area contributed by atoms with Crippen LogP contribution in [-0.2, 0) is 10.0 Å². The summed E-state index contributed by atoms with van der Waals surface area (Å²) in [4.78, 5) is -0.0948. The molecule has 3 aromatic carbocycles. The second kappa shape index (κ2) is 8.91. The van der Waals surface area contributed by atoms with Gasteiger partial charge in [0.05, 0.1) is 24.8 Å². The number of hydrogen-bond donors (Lipinski definition) is 2. The fourth-order valence-electron chi connectivity index (χ4n) is 2.90. The van der Waals surface area contributed by atoms with Crippen molar-refractivity contribution in [1.82, 2.24) is 0 Å². The van der Waals surface area contributed by atoms with Gasteiger partial charge < -0.3 is 14.6 Å². The van der Waals surface area contributed by atoms with Gasteiger partial charge in [0.25, 0.3) is 10.0 Å². The third-order valence-electron chi connectivity index (χ3n) is 4.42. The van der Waals surface area contributed by atoms with Crippen LogP contribution in [0.3, 0.4) is 0 Å². The Morgan fingerprint density at radius 3 is 2.33 bits per heavy atom. The van der Waals surface area contributed by atoms with Crippen molar-refractivity contribution in [1.29, 1.82) is 0 Å². The molecule has 0 aliphatic heterocycles. The summed E-state index contributed by atoms with van der Waals surface area (Å²) >= 11 is 6.13. The zero-order valence-corrected chi connectivity index (χ0v) is 17.7. The summed E-state index contributed by atoms with van der Waals surface area (Å²) in [5, 5.41) is 11.0. The average Bonchev–Trinajstić information content (AvgIpc) is 2.74. The predicted octanol–water partition coefficient (Wildman–Crippen LogP) is 4.38. The molecule has 0 radical (unpaired) electrons. The number of nitrogens with one attached hydrogen (secondary N) is 1. The molecule has 0 heterocycles. The molecule has 0 saturated heterocycles. The topological polar surface area (TPSA) is 84.9 Å². The molecule has 9 heteroatoms. The zero-order valence-electron chi connectivity index (χ0n) is 16.1. The molecule has 30 heavy (non-hydrogen) atoms. The van der Waals surface area contributed by atoms with Gasteiger partial charge in [-0.3, -0.25) is 4.72 Å². The molecular weight excluding hydrogens is 433 g/mol. The summed E-state index contributed by atoms with van der Waals surface area (Å²) in [6, 6.07) is 14.0. The number of aliphatic hydroxyl groups is 1. The number of methoxy groups -OCH3 is 2. The summed E-state index contributed by atoms with van der Waals surface area (Å²) in [6.07, 6.45) is -1.35. The molecule has 1 atom stereocenters. The highest BCUT2D eigenvalue weighted by molar-refractivity contribution is 7.92. The largest absolute Gasteiger partial charge is 0.493 e. The maximum absolute atomic E-state index is 13.9. The molecule has 0 aliphatic rings.